The van der Waals surface area contributed by atoms with Crippen molar-refractivity contribution in [2.24, 2.45) is 0 Å². The summed E-state index contributed by atoms with van der Waals surface area (Å²) >= 11 is 11.9. The molecule has 0 unspecified atom stereocenters. The number of methoxy groups -OCH3 is 1. The number of benzene rings is 3. The second-order valence-electron chi connectivity index (χ2n) is 6.13. The molecular formula is C22H18Cl2N2O3. The summed E-state index contributed by atoms with van der Waals surface area (Å²) in [5, 5.41) is 3.46. The number of carbonyl (C=O) groups is 2. The predicted molar refractivity (Wildman–Crippen MR) is 116 cm³/mol. The summed E-state index contributed by atoms with van der Waals surface area (Å²) in [6.45, 7) is -0.172. The minimum Gasteiger partial charge on any atom is -0.497 e. The summed E-state index contributed by atoms with van der Waals surface area (Å²) in [6, 6.07) is 20.5. The van der Waals surface area contributed by atoms with Gasteiger partial charge in [-0.2, -0.15) is 0 Å². The van der Waals surface area contributed by atoms with Gasteiger partial charge >= 0.3 is 0 Å². The molecule has 0 aromatic heterocycles. The molecule has 0 atom stereocenters. The molecule has 0 saturated carbocycles. The zero-order valence-electron chi connectivity index (χ0n) is 15.6. The van der Waals surface area contributed by atoms with Crippen molar-refractivity contribution in [3.63, 3.8) is 0 Å². The smallest absolute Gasteiger partial charge is 0.258 e. The van der Waals surface area contributed by atoms with Crippen molar-refractivity contribution in [3.05, 3.63) is 88.4 Å². The summed E-state index contributed by atoms with van der Waals surface area (Å²) in [5.41, 5.74) is 1.55. The average molecular weight is 429 g/mol. The Morgan fingerprint density at radius 1 is 0.931 bits per heavy atom. The monoisotopic (exact) mass is 428 g/mol. The number of carbonyl (C=O) groups excluding carboxylic acids is 2. The molecule has 0 aliphatic rings. The number of anilines is 2. The first-order chi connectivity index (χ1) is 14.0. The van der Waals surface area contributed by atoms with Crippen LogP contribution in [0.4, 0.5) is 11.4 Å². The molecule has 0 bridgehead atoms. The van der Waals surface area contributed by atoms with Crippen molar-refractivity contribution in [2.75, 3.05) is 23.9 Å². The normalized spacial score (nSPS) is 10.3. The number of halogens is 2. The summed E-state index contributed by atoms with van der Waals surface area (Å²) in [4.78, 5) is 27.1. The second kappa shape index (κ2) is 9.45. The number of ether oxygens (including phenoxy) is 1. The van der Waals surface area contributed by atoms with Gasteiger partial charge in [-0.15, -0.1) is 0 Å². The molecule has 148 valence electrons. The van der Waals surface area contributed by atoms with Gasteiger partial charge in [-0.3, -0.25) is 14.5 Å². The van der Waals surface area contributed by atoms with Gasteiger partial charge < -0.3 is 10.1 Å². The van der Waals surface area contributed by atoms with Crippen molar-refractivity contribution in [1.29, 1.82) is 0 Å². The molecule has 29 heavy (non-hydrogen) atoms. The lowest BCUT2D eigenvalue weighted by Gasteiger charge is -2.22. The van der Waals surface area contributed by atoms with Crippen LogP contribution in [0.5, 0.6) is 5.75 Å². The van der Waals surface area contributed by atoms with Crippen LogP contribution in [0.3, 0.4) is 0 Å². The van der Waals surface area contributed by atoms with E-state index in [4.69, 9.17) is 27.9 Å². The summed E-state index contributed by atoms with van der Waals surface area (Å²) in [5.74, 6) is -0.0255. The lowest BCUT2D eigenvalue weighted by Crippen LogP contribution is -2.38. The molecule has 0 fully saturated rings. The maximum atomic E-state index is 13.1. The molecule has 0 saturated heterocycles. The first-order valence-corrected chi connectivity index (χ1v) is 9.49. The standard InChI is InChI=1S/C22H18Cl2N2O3/c1-29-18-10-7-15(8-11-18)22(28)26(17-5-3-2-4-6-17)14-21(27)25-16-9-12-19(23)20(24)13-16/h2-13H,14H2,1H3,(H,25,27). The van der Waals surface area contributed by atoms with Gasteiger partial charge in [0.15, 0.2) is 0 Å². The molecule has 0 heterocycles. The third kappa shape index (κ3) is 5.28. The van der Waals surface area contributed by atoms with Crippen LogP contribution in [-0.2, 0) is 4.79 Å². The van der Waals surface area contributed by atoms with E-state index in [0.717, 1.165) is 0 Å². The van der Waals surface area contributed by atoms with Crippen molar-refractivity contribution in [1.82, 2.24) is 0 Å². The Labute approximate surface area is 178 Å². The molecule has 5 nitrogen and oxygen atoms in total. The molecule has 3 aromatic carbocycles. The number of nitrogens with one attached hydrogen (secondary N) is 1. The Kier molecular flexibility index (Phi) is 6.75. The zero-order valence-corrected chi connectivity index (χ0v) is 17.1. The fourth-order valence-electron chi connectivity index (χ4n) is 2.70. The van der Waals surface area contributed by atoms with Gasteiger partial charge in [-0.05, 0) is 54.6 Å². The third-order valence-corrected chi connectivity index (χ3v) is 4.89. The zero-order chi connectivity index (χ0) is 20.8. The Morgan fingerprint density at radius 2 is 1.62 bits per heavy atom. The van der Waals surface area contributed by atoms with E-state index < -0.39 is 0 Å². The highest BCUT2D eigenvalue weighted by molar-refractivity contribution is 6.42. The third-order valence-electron chi connectivity index (χ3n) is 4.16. The Morgan fingerprint density at radius 3 is 2.24 bits per heavy atom. The molecule has 0 radical (unpaired) electrons. The van der Waals surface area contributed by atoms with Crippen molar-refractivity contribution < 1.29 is 14.3 Å². The topological polar surface area (TPSA) is 58.6 Å². The van der Waals surface area contributed by atoms with E-state index in [0.29, 0.717) is 32.7 Å². The van der Waals surface area contributed by atoms with Crippen LogP contribution in [0.25, 0.3) is 0 Å². The Balaban J connectivity index is 1.82. The van der Waals surface area contributed by atoms with E-state index in [-0.39, 0.29) is 18.4 Å². The SMILES string of the molecule is COc1ccc(C(=O)N(CC(=O)Nc2ccc(Cl)c(Cl)c2)c2ccccc2)cc1. The minimum absolute atomic E-state index is 0.172. The average Bonchev–Trinajstić information content (AvgIpc) is 2.75. The van der Waals surface area contributed by atoms with Gasteiger partial charge in [-0.25, -0.2) is 0 Å². The van der Waals surface area contributed by atoms with Gasteiger partial charge in [0.1, 0.15) is 12.3 Å². The summed E-state index contributed by atoms with van der Waals surface area (Å²) in [7, 11) is 1.56. The lowest BCUT2D eigenvalue weighted by molar-refractivity contribution is -0.114. The van der Waals surface area contributed by atoms with Crippen molar-refractivity contribution in [2.45, 2.75) is 0 Å². The number of nitrogens with zero attached hydrogens (tertiary/aromatic N) is 1. The Bertz CT molecular complexity index is 1010. The largest absolute Gasteiger partial charge is 0.497 e. The fraction of sp³-hybridized carbons (Fsp3) is 0.0909. The van der Waals surface area contributed by atoms with Gasteiger partial charge in [0.25, 0.3) is 5.91 Å². The van der Waals surface area contributed by atoms with Crippen molar-refractivity contribution >= 4 is 46.4 Å². The lowest BCUT2D eigenvalue weighted by atomic mass is 10.1. The molecule has 7 heteroatoms. The van der Waals surface area contributed by atoms with Crippen molar-refractivity contribution in [3.8, 4) is 5.75 Å². The highest BCUT2D eigenvalue weighted by Gasteiger charge is 2.21. The molecular weight excluding hydrogens is 411 g/mol. The Hall–Kier alpha value is -3.02. The molecule has 2 amide bonds. The second-order valence-corrected chi connectivity index (χ2v) is 6.95. The molecule has 1 N–H and O–H groups in total. The van der Waals surface area contributed by atoms with E-state index in [1.54, 1.807) is 73.8 Å². The van der Waals surface area contributed by atoms with Gasteiger partial charge in [0, 0.05) is 16.9 Å². The maximum absolute atomic E-state index is 13.1. The van der Waals surface area contributed by atoms with Crippen LogP contribution < -0.4 is 15.0 Å². The van der Waals surface area contributed by atoms with Crippen LogP contribution >= 0.6 is 23.2 Å². The van der Waals surface area contributed by atoms with Crippen LogP contribution in [0.15, 0.2) is 72.8 Å². The van der Waals surface area contributed by atoms with E-state index in [2.05, 4.69) is 5.32 Å². The van der Waals surface area contributed by atoms with Gasteiger partial charge in [0.05, 0.1) is 17.2 Å². The van der Waals surface area contributed by atoms with Crippen LogP contribution in [0.1, 0.15) is 10.4 Å². The molecule has 3 aromatic rings. The van der Waals surface area contributed by atoms with Gasteiger partial charge in [-0.1, -0.05) is 41.4 Å². The first kappa shape index (κ1) is 20.7. The molecule has 3 rings (SSSR count). The molecule has 0 spiro atoms. The number of rotatable bonds is 6. The fourth-order valence-corrected chi connectivity index (χ4v) is 2.99. The first-order valence-electron chi connectivity index (χ1n) is 8.74. The number of hydrogen-bond acceptors (Lipinski definition) is 3. The number of amides is 2. The van der Waals surface area contributed by atoms with E-state index >= 15 is 0 Å². The molecule has 0 aliphatic heterocycles. The van der Waals surface area contributed by atoms with Crippen LogP contribution in [0, 0.1) is 0 Å². The maximum Gasteiger partial charge on any atom is 0.258 e. The predicted octanol–water partition coefficient (Wildman–Crippen LogP) is 5.29. The molecule has 0 aliphatic carbocycles. The highest BCUT2D eigenvalue weighted by atomic mass is 35.5. The summed E-state index contributed by atoms with van der Waals surface area (Å²) < 4.78 is 5.13. The van der Waals surface area contributed by atoms with E-state index in [9.17, 15) is 9.59 Å². The van der Waals surface area contributed by atoms with Gasteiger partial charge in [0.2, 0.25) is 5.91 Å². The number of para-hydroxylation sites is 1. The van der Waals surface area contributed by atoms with Crippen LogP contribution in [0.2, 0.25) is 10.0 Å². The summed E-state index contributed by atoms with van der Waals surface area (Å²) in [6.07, 6.45) is 0. The quantitative estimate of drug-likeness (QED) is 0.580. The van der Waals surface area contributed by atoms with Crippen LogP contribution in [-0.4, -0.2) is 25.5 Å². The highest BCUT2D eigenvalue weighted by Crippen LogP contribution is 2.25. The van der Waals surface area contributed by atoms with E-state index in [1.807, 2.05) is 6.07 Å². The minimum atomic E-state index is -0.367. The number of hydrogen-bond donors (Lipinski definition) is 1. The van der Waals surface area contributed by atoms with E-state index in [1.165, 1.54) is 4.90 Å².